The lowest BCUT2D eigenvalue weighted by atomic mass is 9.78. The molecule has 0 radical (unpaired) electrons. The van der Waals surface area contributed by atoms with Gasteiger partial charge in [0.25, 0.3) is 0 Å². The molecular formula is C24H26FN. The fourth-order valence-corrected chi connectivity index (χ4v) is 5.31. The van der Waals surface area contributed by atoms with Gasteiger partial charge in [-0.3, -0.25) is 0 Å². The van der Waals surface area contributed by atoms with Gasteiger partial charge in [0.05, 0.1) is 0 Å². The first-order valence-corrected chi connectivity index (χ1v) is 10.1. The number of hydrogen-bond donors (Lipinski definition) is 0. The average molecular weight is 347 g/mol. The summed E-state index contributed by atoms with van der Waals surface area (Å²) in [5.41, 5.74) is 2.63. The summed E-state index contributed by atoms with van der Waals surface area (Å²) in [5.74, 6) is 0.642. The summed E-state index contributed by atoms with van der Waals surface area (Å²) in [6, 6.07) is 14.9. The van der Waals surface area contributed by atoms with Crippen molar-refractivity contribution in [3.8, 4) is 0 Å². The predicted molar refractivity (Wildman–Crippen MR) is 107 cm³/mol. The van der Waals surface area contributed by atoms with Crippen LogP contribution in [-0.4, -0.2) is 24.0 Å². The second-order valence-electron chi connectivity index (χ2n) is 8.19. The van der Waals surface area contributed by atoms with Gasteiger partial charge in [-0.15, -0.1) is 0 Å². The molecule has 0 aromatic heterocycles. The molecule has 5 rings (SSSR count). The minimum absolute atomic E-state index is 0.0541. The van der Waals surface area contributed by atoms with E-state index in [1.54, 1.807) is 6.07 Å². The summed E-state index contributed by atoms with van der Waals surface area (Å²) in [7, 11) is 0. The number of likely N-dealkylation sites (tertiary alicyclic amines) is 1. The van der Waals surface area contributed by atoms with Crippen LogP contribution in [0.4, 0.5) is 4.39 Å². The predicted octanol–water partition coefficient (Wildman–Crippen LogP) is 5.72. The van der Waals surface area contributed by atoms with Gasteiger partial charge in [0, 0.05) is 11.4 Å². The maximum atomic E-state index is 15.0. The van der Waals surface area contributed by atoms with Crippen LogP contribution in [-0.2, 0) is 12.8 Å². The molecule has 1 nitrogen and oxygen atoms in total. The highest BCUT2D eigenvalue weighted by atomic mass is 19.1. The first-order valence-electron chi connectivity index (χ1n) is 10.1. The number of benzene rings is 3. The molecule has 0 N–H and O–H groups in total. The minimum atomic E-state index is -0.0541. The zero-order valence-corrected chi connectivity index (χ0v) is 15.5. The first-order chi connectivity index (χ1) is 12.7. The molecule has 1 heterocycles. The number of aryl methyl sites for hydroxylation is 1. The maximum Gasteiger partial charge on any atom is 0.131 e. The van der Waals surface area contributed by atoms with Crippen LogP contribution in [0.15, 0.2) is 42.5 Å². The van der Waals surface area contributed by atoms with E-state index in [9.17, 15) is 4.39 Å². The molecule has 1 fully saturated rings. The van der Waals surface area contributed by atoms with E-state index in [1.165, 1.54) is 48.9 Å². The van der Waals surface area contributed by atoms with Gasteiger partial charge in [0.2, 0.25) is 0 Å². The molecule has 2 aliphatic rings. The third-order valence-electron chi connectivity index (χ3n) is 6.83. The average Bonchev–Trinajstić information content (AvgIpc) is 3.21. The number of fused-ring (bicyclic) bond motifs is 5. The van der Waals surface area contributed by atoms with E-state index in [-0.39, 0.29) is 5.82 Å². The fourth-order valence-electron chi connectivity index (χ4n) is 5.31. The highest BCUT2D eigenvalue weighted by Crippen LogP contribution is 2.38. The van der Waals surface area contributed by atoms with E-state index < -0.39 is 0 Å². The Bertz CT molecular complexity index is 971. The van der Waals surface area contributed by atoms with E-state index in [2.05, 4.69) is 30.0 Å². The molecule has 1 saturated heterocycles. The number of hydrogen-bond acceptors (Lipinski definition) is 1. The number of rotatable bonds is 2. The van der Waals surface area contributed by atoms with Crippen LogP contribution in [0.3, 0.4) is 0 Å². The van der Waals surface area contributed by atoms with Crippen molar-refractivity contribution >= 4 is 21.5 Å². The molecule has 26 heavy (non-hydrogen) atoms. The summed E-state index contributed by atoms with van der Waals surface area (Å²) in [6.45, 7) is 4.90. The molecule has 2 atom stereocenters. The van der Waals surface area contributed by atoms with Crippen molar-refractivity contribution in [3.63, 3.8) is 0 Å². The van der Waals surface area contributed by atoms with Gasteiger partial charge in [-0.2, -0.15) is 0 Å². The van der Waals surface area contributed by atoms with Crippen molar-refractivity contribution in [2.45, 2.75) is 45.1 Å². The fraction of sp³-hybridized carbons (Fsp3) is 0.417. The zero-order valence-electron chi connectivity index (χ0n) is 15.5. The Morgan fingerprint density at radius 3 is 2.69 bits per heavy atom. The first kappa shape index (κ1) is 16.3. The lowest BCUT2D eigenvalue weighted by molar-refractivity contribution is 0.177. The molecule has 0 saturated carbocycles. The Hall–Kier alpha value is -1.93. The summed E-state index contributed by atoms with van der Waals surface area (Å²) in [6.07, 6.45) is 5.96. The Morgan fingerprint density at radius 1 is 1.04 bits per heavy atom. The molecule has 0 spiro atoms. The molecule has 3 aromatic carbocycles. The Morgan fingerprint density at radius 2 is 1.85 bits per heavy atom. The Labute approximate surface area is 154 Å². The van der Waals surface area contributed by atoms with Crippen molar-refractivity contribution in [1.82, 2.24) is 4.90 Å². The van der Waals surface area contributed by atoms with Crippen molar-refractivity contribution in [2.75, 3.05) is 13.1 Å². The van der Waals surface area contributed by atoms with Crippen LogP contribution in [0.25, 0.3) is 21.5 Å². The van der Waals surface area contributed by atoms with Gasteiger partial charge in [0.15, 0.2) is 0 Å². The standard InChI is InChI=1S/C24H26FN/c1-16(26-12-4-5-13-26)17-8-10-21-19(14-17)9-11-22-20-7-3-2-6-18(20)15-23(25)24(21)22/h2-3,6-7,9,11,15-17H,4-5,8,10,12-14H2,1H3. The highest BCUT2D eigenvalue weighted by molar-refractivity contribution is 6.09. The summed E-state index contributed by atoms with van der Waals surface area (Å²) in [5, 5.41) is 4.10. The van der Waals surface area contributed by atoms with Gasteiger partial charge in [-0.1, -0.05) is 36.4 Å². The largest absolute Gasteiger partial charge is 0.300 e. The normalized spacial score (nSPS) is 22.0. The quantitative estimate of drug-likeness (QED) is 0.536. The van der Waals surface area contributed by atoms with Gasteiger partial charge >= 0.3 is 0 Å². The van der Waals surface area contributed by atoms with Crippen LogP contribution in [0.2, 0.25) is 0 Å². The third-order valence-corrected chi connectivity index (χ3v) is 6.83. The lowest BCUT2D eigenvalue weighted by Crippen LogP contribution is -2.38. The summed E-state index contributed by atoms with van der Waals surface area (Å²) >= 11 is 0. The van der Waals surface area contributed by atoms with Crippen molar-refractivity contribution in [3.05, 3.63) is 59.4 Å². The third kappa shape index (κ3) is 2.54. The second-order valence-corrected chi connectivity index (χ2v) is 8.19. The smallest absolute Gasteiger partial charge is 0.131 e. The molecule has 2 unspecified atom stereocenters. The Kier molecular flexibility index (Phi) is 3.97. The van der Waals surface area contributed by atoms with E-state index in [0.29, 0.717) is 12.0 Å². The number of nitrogens with zero attached hydrogens (tertiary/aromatic N) is 1. The van der Waals surface area contributed by atoms with Crippen LogP contribution in [0.5, 0.6) is 0 Å². The molecule has 134 valence electrons. The van der Waals surface area contributed by atoms with Gasteiger partial charge in [-0.05, 0) is 91.4 Å². The van der Waals surface area contributed by atoms with E-state index in [4.69, 9.17) is 0 Å². The maximum absolute atomic E-state index is 15.0. The van der Waals surface area contributed by atoms with Crippen molar-refractivity contribution < 1.29 is 4.39 Å². The van der Waals surface area contributed by atoms with E-state index >= 15 is 0 Å². The van der Waals surface area contributed by atoms with Gasteiger partial charge < -0.3 is 4.90 Å². The number of halogens is 1. The molecule has 1 aliphatic heterocycles. The molecular weight excluding hydrogens is 321 g/mol. The van der Waals surface area contributed by atoms with Gasteiger partial charge in [-0.25, -0.2) is 4.39 Å². The SMILES string of the molecule is CC(C1CCc2c(ccc3c2c(F)cc2ccccc23)C1)N1CCCC1. The Balaban J connectivity index is 1.57. The summed E-state index contributed by atoms with van der Waals surface area (Å²) in [4.78, 5) is 2.66. The zero-order chi connectivity index (χ0) is 17.7. The van der Waals surface area contributed by atoms with E-state index in [0.717, 1.165) is 29.0 Å². The molecule has 1 aliphatic carbocycles. The molecule has 0 amide bonds. The van der Waals surface area contributed by atoms with Crippen LogP contribution in [0, 0.1) is 11.7 Å². The summed E-state index contributed by atoms with van der Waals surface area (Å²) < 4.78 is 15.0. The minimum Gasteiger partial charge on any atom is -0.300 e. The molecule has 3 aromatic rings. The van der Waals surface area contributed by atoms with E-state index in [1.807, 2.05) is 18.2 Å². The van der Waals surface area contributed by atoms with Crippen LogP contribution in [0.1, 0.15) is 37.3 Å². The molecule has 0 bridgehead atoms. The lowest BCUT2D eigenvalue weighted by Gasteiger charge is -2.35. The van der Waals surface area contributed by atoms with Crippen molar-refractivity contribution in [2.24, 2.45) is 5.92 Å². The molecule has 2 heteroatoms. The monoisotopic (exact) mass is 347 g/mol. The van der Waals surface area contributed by atoms with Gasteiger partial charge in [0.1, 0.15) is 5.82 Å². The topological polar surface area (TPSA) is 3.24 Å². The highest BCUT2D eigenvalue weighted by Gasteiger charge is 2.30. The van der Waals surface area contributed by atoms with Crippen LogP contribution >= 0.6 is 0 Å². The second kappa shape index (κ2) is 6.35. The van der Waals surface area contributed by atoms with Crippen LogP contribution < -0.4 is 0 Å². The van der Waals surface area contributed by atoms with Crippen molar-refractivity contribution in [1.29, 1.82) is 0 Å².